The van der Waals surface area contributed by atoms with Crippen molar-refractivity contribution in [2.75, 3.05) is 5.32 Å². The van der Waals surface area contributed by atoms with Crippen LogP contribution in [-0.2, 0) is 11.2 Å². The van der Waals surface area contributed by atoms with Crippen molar-refractivity contribution in [1.29, 1.82) is 10.5 Å². The molecule has 3 aromatic rings. The predicted molar refractivity (Wildman–Crippen MR) is 116 cm³/mol. The molecule has 0 spiro atoms. The molecule has 0 radical (unpaired) electrons. The van der Waals surface area contributed by atoms with Crippen LogP contribution in [0.15, 0.2) is 35.4 Å². The van der Waals surface area contributed by atoms with E-state index in [1.54, 1.807) is 16.3 Å². The van der Waals surface area contributed by atoms with Crippen molar-refractivity contribution >= 4 is 29.0 Å². The van der Waals surface area contributed by atoms with Gasteiger partial charge in [0.15, 0.2) is 5.65 Å². The second-order valence-electron chi connectivity index (χ2n) is 7.00. The summed E-state index contributed by atoms with van der Waals surface area (Å²) in [5.74, 6) is -0.0898. The van der Waals surface area contributed by atoms with Gasteiger partial charge in [-0.05, 0) is 38.0 Å². The van der Waals surface area contributed by atoms with Crippen molar-refractivity contribution in [1.82, 2.24) is 14.6 Å². The summed E-state index contributed by atoms with van der Waals surface area (Å²) in [5, 5.41) is 25.4. The lowest BCUT2D eigenvalue weighted by Crippen LogP contribution is -2.15. The number of benzene rings is 1. The molecule has 30 heavy (non-hydrogen) atoms. The number of amides is 1. The molecule has 152 valence electrons. The van der Waals surface area contributed by atoms with E-state index in [2.05, 4.69) is 27.5 Å². The van der Waals surface area contributed by atoms with Crippen molar-refractivity contribution < 1.29 is 4.79 Å². The van der Waals surface area contributed by atoms with Gasteiger partial charge in [0.2, 0.25) is 5.91 Å². The second-order valence-corrected chi connectivity index (χ2v) is 8.48. The van der Waals surface area contributed by atoms with E-state index in [9.17, 15) is 10.1 Å². The summed E-state index contributed by atoms with van der Waals surface area (Å²) in [6, 6.07) is 11.9. The van der Waals surface area contributed by atoms with E-state index in [1.807, 2.05) is 45.0 Å². The zero-order chi connectivity index (χ0) is 21.7. The van der Waals surface area contributed by atoms with E-state index in [0.717, 1.165) is 27.5 Å². The standard InChI is InChI=1S/C22H22N6OS/c1-14(10-11-23)30-20-7-5-4-6-19(20)27-21(29)9-8-18-15(2)26-22-17(12-24)13-25-28(22)16(18)3/h4-7,13-14H,8-10H2,1-3H3,(H,27,29). The average molecular weight is 419 g/mol. The molecule has 1 atom stereocenters. The van der Waals surface area contributed by atoms with Crippen LogP contribution >= 0.6 is 11.8 Å². The third-order valence-corrected chi connectivity index (χ3v) is 5.98. The molecule has 2 aromatic heterocycles. The number of anilines is 1. The Kier molecular flexibility index (Phi) is 6.71. The van der Waals surface area contributed by atoms with Gasteiger partial charge < -0.3 is 5.32 Å². The van der Waals surface area contributed by atoms with Gasteiger partial charge in [-0.2, -0.15) is 15.6 Å². The number of carbonyl (C=O) groups is 1. The zero-order valence-corrected chi connectivity index (χ0v) is 18.0. The number of nitriles is 2. The molecule has 0 fully saturated rings. The fourth-order valence-corrected chi connectivity index (χ4v) is 4.26. The Hall–Kier alpha value is -3.36. The molecule has 1 amide bonds. The molecule has 3 rings (SSSR count). The lowest BCUT2D eigenvalue weighted by Gasteiger charge is -2.14. The molecule has 0 aliphatic carbocycles. The summed E-state index contributed by atoms with van der Waals surface area (Å²) in [6.45, 7) is 5.80. The number of hydrogen-bond acceptors (Lipinski definition) is 6. The fourth-order valence-electron chi connectivity index (χ4n) is 3.26. The van der Waals surface area contributed by atoms with Crippen LogP contribution in [-0.4, -0.2) is 25.8 Å². The predicted octanol–water partition coefficient (Wildman–Crippen LogP) is 4.18. The van der Waals surface area contributed by atoms with Gasteiger partial charge in [-0.25, -0.2) is 9.50 Å². The second kappa shape index (κ2) is 9.43. The van der Waals surface area contributed by atoms with E-state index in [4.69, 9.17) is 5.26 Å². The maximum absolute atomic E-state index is 12.6. The fraction of sp³-hybridized carbons (Fsp3) is 0.318. The van der Waals surface area contributed by atoms with Crippen LogP contribution in [0.2, 0.25) is 0 Å². The molecule has 1 unspecified atom stereocenters. The number of rotatable bonds is 7. The van der Waals surface area contributed by atoms with Crippen LogP contribution < -0.4 is 5.32 Å². The number of carbonyl (C=O) groups excluding carboxylic acids is 1. The topological polar surface area (TPSA) is 107 Å². The minimum Gasteiger partial charge on any atom is -0.325 e. The van der Waals surface area contributed by atoms with Crippen LogP contribution in [0.4, 0.5) is 5.69 Å². The summed E-state index contributed by atoms with van der Waals surface area (Å²) >= 11 is 1.58. The summed E-state index contributed by atoms with van der Waals surface area (Å²) in [4.78, 5) is 18.1. The zero-order valence-electron chi connectivity index (χ0n) is 17.1. The Morgan fingerprint density at radius 2 is 2.07 bits per heavy atom. The number of aromatic nitrogens is 3. The summed E-state index contributed by atoms with van der Waals surface area (Å²) in [5.41, 5.74) is 4.36. The van der Waals surface area contributed by atoms with Gasteiger partial charge >= 0.3 is 0 Å². The average Bonchev–Trinajstić information content (AvgIpc) is 3.12. The smallest absolute Gasteiger partial charge is 0.224 e. The van der Waals surface area contributed by atoms with Crippen LogP contribution in [0, 0.1) is 36.5 Å². The SMILES string of the molecule is Cc1nc2c(C#N)cnn2c(C)c1CCC(=O)Nc1ccccc1SC(C)CC#N. The summed E-state index contributed by atoms with van der Waals surface area (Å²) < 4.78 is 1.65. The molecule has 0 aliphatic heterocycles. The molecule has 0 bridgehead atoms. The Bertz CT molecular complexity index is 1170. The van der Waals surface area contributed by atoms with Crippen LogP contribution in [0.1, 0.15) is 42.3 Å². The van der Waals surface area contributed by atoms with E-state index in [1.165, 1.54) is 6.20 Å². The minimum atomic E-state index is -0.0898. The molecule has 8 heteroatoms. The Labute approximate surface area is 179 Å². The van der Waals surface area contributed by atoms with Crippen molar-refractivity contribution in [3.8, 4) is 12.1 Å². The first kappa shape index (κ1) is 21.4. The number of nitrogens with one attached hydrogen (secondary N) is 1. The molecule has 0 aliphatic rings. The molecule has 0 saturated heterocycles. The normalized spacial score (nSPS) is 11.6. The van der Waals surface area contributed by atoms with Gasteiger partial charge in [-0.15, -0.1) is 11.8 Å². The molecular weight excluding hydrogens is 396 g/mol. The maximum atomic E-state index is 12.6. The van der Waals surface area contributed by atoms with Crippen LogP contribution in [0.25, 0.3) is 5.65 Å². The Morgan fingerprint density at radius 1 is 1.30 bits per heavy atom. The molecule has 0 saturated carbocycles. The Morgan fingerprint density at radius 3 is 2.80 bits per heavy atom. The highest BCUT2D eigenvalue weighted by Gasteiger charge is 2.16. The number of fused-ring (bicyclic) bond motifs is 1. The van der Waals surface area contributed by atoms with E-state index in [-0.39, 0.29) is 11.2 Å². The van der Waals surface area contributed by atoms with E-state index in [0.29, 0.717) is 30.5 Å². The van der Waals surface area contributed by atoms with Gasteiger partial charge in [0.25, 0.3) is 0 Å². The van der Waals surface area contributed by atoms with Gasteiger partial charge in [-0.3, -0.25) is 4.79 Å². The Balaban J connectivity index is 1.72. The number of thioether (sulfide) groups is 1. The number of hydrogen-bond donors (Lipinski definition) is 1. The minimum absolute atomic E-state index is 0.0898. The van der Waals surface area contributed by atoms with Crippen molar-refractivity contribution in [3.05, 3.63) is 53.0 Å². The van der Waals surface area contributed by atoms with Crippen LogP contribution in [0.3, 0.4) is 0 Å². The first-order valence-corrected chi connectivity index (χ1v) is 10.5. The summed E-state index contributed by atoms with van der Waals surface area (Å²) in [6.07, 6.45) is 2.78. The van der Waals surface area contributed by atoms with Crippen LogP contribution in [0.5, 0.6) is 0 Å². The molecule has 2 heterocycles. The lowest BCUT2D eigenvalue weighted by atomic mass is 10.1. The van der Waals surface area contributed by atoms with Gasteiger partial charge in [0.05, 0.1) is 18.0 Å². The monoisotopic (exact) mass is 418 g/mol. The molecule has 1 aromatic carbocycles. The molecule has 7 nitrogen and oxygen atoms in total. The third-order valence-electron chi connectivity index (χ3n) is 4.80. The largest absolute Gasteiger partial charge is 0.325 e. The van der Waals surface area contributed by atoms with E-state index < -0.39 is 0 Å². The number of nitrogens with zero attached hydrogens (tertiary/aromatic N) is 5. The van der Waals surface area contributed by atoms with Gasteiger partial charge in [-0.1, -0.05) is 19.1 Å². The molecule has 1 N–H and O–H groups in total. The summed E-state index contributed by atoms with van der Waals surface area (Å²) in [7, 11) is 0. The van der Waals surface area contributed by atoms with Crippen molar-refractivity contribution in [2.45, 2.75) is 50.2 Å². The number of aryl methyl sites for hydroxylation is 2. The maximum Gasteiger partial charge on any atom is 0.224 e. The third kappa shape index (κ3) is 4.61. The van der Waals surface area contributed by atoms with E-state index >= 15 is 0 Å². The van der Waals surface area contributed by atoms with Gasteiger partial charge in [0, 0.05) is 34.4 Å². The molecular formula is C22H22N6OS. The van der Waals surface area contributed by atoms with Crippen molar-refractivity contribution in [3.63, 3.8) is 0 Å². The van der Waals surface area contributed by atoms with Gasteiger partial charge in [0.1, 0.15) is 11.6 Å². The highest BCUT2D eigenvalue weighted by molar-refractivity contribution is 8.00. The quantitative estimate of drug-likeness (QED) is 0.577. The highest BCUT2D eigenvalue weighted by Crippen LogP contribution is 2.31. The number of para-hydroxylation sites is 1. The first-order chi connectivity index (χ1) is 14.4. The lowest BCUT2D eigenvalue weighted by molar-refractivity contribution is -0.116. The highest BCUT2D eigenvalue weighted by atomic mass is 32.2. The first-order valence-electron chi connectivity index (χ1n) is 9.61. The van der Waals surface area contributed by atoms with Crippen molar-refractivity contribution in [2.24, 2.45) is 0 Å².